The predicted molar refractivity (Wildman–Crippen MR) is 104 cm³/mol. The van der Waals surface area contributed by atoms with E-state index in [2.05, 4.69) is 11.9 Å². The molecule has 0 aliphatic heterocycles. The molecule has 0 radical (unpaired) electrons. The summed E-state index contributed by atoms with van der Waals surface area (Å²) in [4.78, 5) is 13.1. The average Bonchev–Trinajstić information content (AvgIpc) is 2.59. The third-order valence-corrected chi connectivity index (χ3v) is 6.10. The third-order valence-electron chi connectivity index (χ3n) is 4.40. The minimum absolute atomic E-state index is 0.163. The molecule has 0 unspecified atom stereocenters. The average molecular weight is 410 g/mol. The van der Waals surface area contributed by atoms with Crippen LogP contribution in [0.4, 0.5) is 14.5 Å². The van der Waals surface area contributed by atoms with E-state index in [1.807, 2.05) is 0 Å². The van der Waals surface area contributed by atoms with Crippen LogP contribution in [0.2, 0.25) is 5.02 Å². The lowest BCUT2D eigenvalue weighted by molar-refractivity contribution is -0.0247. The van der Waals surface area contributed by atoms with Gasteiger partial charge in [-0.3, -0.25) is 4.79 Å². The van der Waals surface area contributed by atoms with Gasteiger partial charge < -0.3 is 10.4 Å². The molecule has 142 valence electrons. The Kier molecular flexibility index (Phi) is 5.89. The maximum absolute atomic E-state index is 13.3. The van der Waals surface area contributed by atoms with Crippen molar-refractivity contribution in [2.75, 3.05) is 5.32 Å². The van der Waals surface area contributed by atoms with Gasteiger partial charge in [-0.05, 0) is 49.6 Å². The van der Waals surface area contributed by atoms with Crippen LogP contribution in [0.25, 0.3) is 0 Å². The Balaban J connectivity index is 1.68. The highest BCUT2D eigenvalue weighted by Crippen LogP contribution is 2.46. The van der Waals surface area contributed by atoms with Crippen LogP contribution in [0.15, 0.2) is 53.9 Å². The Morgan fingerprint density at radius 3 is 2.70 bits per heavy atom. The molecule has 0 aromatic heterocycles. The van der Waals surface area contributed by atoms with E-state index < -0.39 is 23.1 Å². The van der Waals surface area contributed by atoms with Crippen LogP contribution in [-0.4, -0.2) is 21.9 Å². The second-order valence-electron chi connectivity index (χ2n) is 6.59. The molecule has 0 spiro atoms. The fraction of sp³-hybridized carbons (Fsp3) is 0.250. The molecule has 2 aromatic rings. The molecule has 0 bridgehead atoms. The largest absolute Gasteiger partial charge is 0.389 e. The van der Waals surface area contributed by atoms with Crippen molar-refractivity contribution in [2.24, 2.45) is 0 Å². The van der Waals surface area contributed by atoms with E-state index in [0.29, 0.717) is 29.8 Å². The molecule has 1 amide bonds. The van der Waals surface area contributed by atoms with Crippen molar-refractivity contribution in [3.05, 3.63) is 71.3 Å². The van der Waals surface area contributed by atoms with Gasteiger partial charge in [0.1, 0.15) is 0 Å². The maximum Gasteiger partial charge on any atom is 0.255 e. The van der Waals surface area contributed by atoms with Crippen molar-refractivity contribution in [1.29, 1.82) is 0 Å². The van der Waals surface area contributed by atoms with Crippen LogP contribution in [0.3, 0.4) is 0 Å². The molecule has 3 nitrogen and oxygen atoms in total. The summed E-state index contributed by atoms with van der Waals surface area (Å²) in [5.41, 5.74) is -0.183. The van der Waals surface area contributed by atoms with E-state index >= 15 is 0 Å². The molecule has 0 saturated heterocycles. The van der Waals surface area contributed by atoms with E-state index in [4.69, 9.17) is 11.6 Å². The first kappa shape index (κ1) is 19.9. The van der Waals surface area contributed by atoms with Gasteiger partial charge in [0.2, 0.25) is 0 Å². The summed E-state index contributed by atoms with van der Waals surface area (Å²) in [6.07, 6.45) is 3.52. The molecule has 2 aromatic carbocycles. The van der Waals surface area contributed by atoms with Gasteiger partial charge in [0.05, 0.1) is 10.6 Å². The number of carbonyl (C=O) groups is 1. The lowest BCUT2D eigenvalue weighted by atomic mass is 9.77. The Morgan fingerprint density at radius 2 is 2.04 bits per heavy atom. The van der Waals surface area contributed by atoms with Crippen molar-refractivity contribution in [3.63, 3.8) is 0 Å². The minimum atomic E-state index is -1.03. The number of aliphatic hydroxyl groups is 1. The van der Waals surface area contributed by atoms with E-state index in [1.54, 1.807) is 24.3 Å². The van der Waals surface area contributed by atoms with Crippen LogP contribution in [0.1, 0.15) is 29.6 Å². The van der Waals surface area contributed by atoms with Gasteiger partial charge in [-0.2, -0.15) is 0 Å². The van der Waals surface area contributed by atoms with E-state index in [9.17, 15) is 18.7 Å². The van der Waals surface area contributed by atoms with Crippen molar-refractivity contribution in [1.82, 2.24) is 0 Å². The summed E-state index contributed by atoms with van der Waals surface area (Å²) >= 11 is 7.75. The molecule has 1 saturated carbocycles. The molecule has 1 fully saturated rings. The zero-order valence-electron chi connectivity index (χ0n) is 14.3. The molecule has 3 rings (SSSR count). The molecule has 1 aliphatic rings. The first-order chi connectivity index (χ1) is 12.8. The summed E-state index contributed by atoms with van der Waals surface area (Å²) in [6, 6.07) is 8.02. The first-order valence-corrected chi connectivity index (χ1v) is 9.61. The van der Waals surface area contributed by atoms with E-state index in [0.717, 1.165) is 17.0 Å². The van der Waals surface area contributed by atoms with Gasteiger partial charge in [-0.25, -0.2) is 8.78 Å². The summed E-state index contributed by atoms with van der Waals surface area (Å²) in [5.74, 6) is -2.46. The normalized spacial score (nSPS) is 21.4. The van der Waals surface area contributed by atoms with Gasteiger partial charge in [-0.1, -0.05) is 17.7 Å². The third kappa shape index (κ3) is 4.69. The number of anilines is 1. The van der Waals surface area contributed by atoms with Crippen molar-refractivity contribution in [2.45, 2.75) is 35.0 Å². The van der Waals surface area contributed by atoms with Gasteiger partial charge >= 0.3 is 0 Å². The topological polar surface area (TPSA) is 49.3 Å². The molecular formula is C20H18ClF2NO2S. The number of hydrogen-bond acceptors (Lipinski definition) is 3. The standard InChI is InChI=1S/C20H18ClF2NO2S/c1-2-7-20(26)10-14(11-20)27-18-8-12(3-5-15(18)21)19(25)24-13-4-6-16(22)17(23)9-13/h2-6,8-9,14,26H,1,7,10-11H2,(H,24,25). The van der Waals surface area contributed by atoms with E-state index in [1.165, 1.54) is 17.8 Å². The Morgan fingerprint density at radius 1 is 1.30 bits per heavy atom. The number of nitrogens with one attached hydrogen (secondary N) is 1. The Hall–Kier alpha value is -1.89. The Bertz CT molecular complexity index is 884. The quantitative estimate of drug-likeness (QED) is 0.625. The Labute approximate surface area is 165 Å². The van der Waals surface area contributed by atoms with Crippen LogP contribution in [0, 0.1) is 11.6 Å². The summed E-state index contributed by atoms with van der Waals surface area (Å²) in [6.45, 7) is 3.65. The fourth-order valence-electron chi connectivity index (χ4n) is 3.00. The smallest absolute Gasteiger partial charge is 0.255 e. The number of benzene rings is 2. The molecular weight excluding hydrogens is 392 g/mol. The second kappa shape index (κ2) is 8.00. The van der Waals surface area contributed by atoms with Gasteiger partial charge in [0.25, 0.3) is 5.91 Å². The molecule has 0 heterocycles. The van der Waals surface area contributed by atoms with Crippen molar-refractivity contribution < 1.29 is 18.7 Å². The van der Waals surface area contributed by atoms with Crippen LogP contribution in [-0.2, 0) is 0 Å². The van der Waals surface area contributed by atoms with Gasteiger partial charge in [-0.15, -0.1) is 18.3 Å². The number of rotatable bonds is 6. The number of carbonyl (C=O) groups excluding carboxylic acids is 1. The highest BCUT2D eigenvalue weighted by molar-refractivity contribution is 8.00. The minimum Gasteiger partial charge on any atom is -0.389 e. The number of thioether (sulfide) groups is 1. The SMILES string of the molecule is C=CCC1(O)CC(Sc2cc(C(=O)Nc3ccc(F)c(F)c3)ccc2Cl)C1. The van der Waals surface area contributed by atoms with E-state index in [-0.39, 0.29) is 10.9 Å². The fourth-order valence-corrected chi connectivity index (χ4v) is 4.77. The zero-order chi connectivity index (χ0) is 19.6. The van der Waals surface area contributed by atoms with Gasteiger partial charge in [0.15, 0.2) is 11.6 Å². The van der Waals surface area contributed by atoms with Crippen LogP contribution < -0.4 is 5.32 Å². The zero-order valence-corrected chi connectivity index (χ0v) is 15.9. The number of halogens is 3. The summed E-state index contributed by atoms with van der Waals surface area (Å²) < 4.78 is 26.3. The summed E-state index contributed by atoms with van der Waals surface area (Å²) in [5, 5.41) is 13.5. The lowest BCUT2D eigenvalue weighted by Gasteiger charge is -2.42. The highest BCUT2D eigenvalue weighted by Gasteiger charge is 2.42. The van der Waals surface area contributed by atoms with Crippen molar-refractivity contribution >= 4 is 35.0 Å². The predicted octanol–water partition coefficient (Wildman–Crippen LogP) is 5.43. The van der Waals surface area contributed by atoms with Crippen LogP contribution >= 0.6 is 23.4 Å². The monoisotopic (exact) mass is 409 g/mol. The van der Waals surface area contributed by atoms with Crippen LogP contribution in [0.5, 0.6) is 0 Å². The summed E-state index contributed by atoms with van der Waals surface area (Å²) in [7, 11) is 0. The highest BCUT2D eigenvalue weighted by atomic mass is 35.5. The number of hydrogen-bond donors (Lipinski definition) is 2. The molecule has 27 heavy (non-hydrogen) atoms. The van der Waals surface area contributed by atoms with Crippen molar-refractivity contribution in [3.8, 4) is 0 Å². The molecule has 7 heteroatoms. The first-order valence-electron chi connectivity index (χ1n) is 8.35. The second-order valence-corrected chi connectivity index (χ2v) is 8.34. The molecule has 0 atom stereocenters. The lowest BCUT2D eigenvalue weighted by Crippen LogP contribution is -2.45. The maximum atomic E-state index is 13.3. The molecule has 1 aliphatic carbocycles. The molecule has 2 N–H and O–H groups in total. The number of amides is 1. The van der Waals surface area contributed by atoms with Gasteiger partial charge in [0, 0.05) is 27.5 Å².